The van der Waals surface area contributed by atoms with Gasteiger partial charge in [0, 0.05) is 30.7 Å². The van der Waals surface area contributed by atoms with Gasteiger partial charge < -0.3 is 15.4 Å². The Bertz CT molecular complexity index is 600. The van der Waals surface area contributed by atoms with Crippen LogP contribution in [0.15, 0.2) is 24.3 Å². The highest BCUT2D eigenvalue weighted by atomic mass is 19.1. The molecule has 1 amide bonds. The molecule has 1 saturated heterocycles. The van der Waals surface area contributed by atoms with E-state index in [1.807, 2.05) is 26.1 Å². The maximum absolute atomic E-state index is 13.3. The molecule has 2 fully saturated rings. The smallest absolute Gasteiger partial charge is 0.407 e. The number of halogens is 1. The lowest BCUT2D eigenvalue weighted by Gasteiger charge is -2.43. The highest BCUT2D eigenvalue weighted by Gasteiger charge is 2.39. The van der Waals surface area contributed by atoms with Crippen LogP contribution in [0.2, 0.25) is 0 Å². The Hall–Kier alpha value is -1.66. The van der Waals surface area contributed by atoms with Crippen LogP contribution in [0.25, 0.3) is 0 Å². The number of carbonyl (C=O) groups excluding carboxylic acids is 1. The fourth-order valence-corrected chi connectivity index (χ4v) is 4.49. The normalized spacial score (nSPS) is 29.5. The molecule has 0 radical (unpaired) electrons. The highest BCUT2D eigenvalue weighted by molar-refractivity contribution is 5.67. The number of rotatable bonds is 5. The number of benzene rings is 1. The van der Waals surface area contributed by atoms with Gasteiger partial charge >= 0.3 is 6.09 Å². The fourth-order valence-electron chi connectivity index (χ4n) is 4.49. The summed E-state index contributed by atoms with van der Waals surface area (Å²) in [5.41, 5.74) is 1.11. The fraction of sp³-hybridized carbons (Fsp3) is 0.650. The number of carbonyl (C=O) groups is 1. The van der Waals surface area contributed by atoms with Crippen molar-refractivity contribution in [3.05, 3.63) is 35.6 Å². The summed E-state index contributed by atoms with van der Waals surface area (Å²) >= 11 is 0. The summed E-state index contributed by atoms with van der Waals surface area (Å²) in [6.07, 6.45) is 4.94. The van der Waals surface area contributed by atoms with Gasteiger partial charge in [0.15, 0.2) is 0 Å². The van der Waals surface area contributed by atoms with Crippen molar-refractivity contribution in [1.29, 1.82) is 0 Å². The zero-order valence-electron chi connectivity index (χ0n) is 15.8. The van der Waals surface area contributed by atoms with Crippen molar-refractivity contribution in [3.8, 4) is 0 Å². The number of amides is 1. The predicted molar refractivity (Wildman–Crippen MR) is 99.5 cm³/mol. The molecule has 1 aromatic carbocycles. The zero-order valence-corrected chi connectivity index (χ0v) is 15.8. The van der Waals surface area contributed by atoms with Gasteiger partial charge in [-0.25, -0.2) is 9.18 Å². The standard InChI is InChI=1S/C20H30FN3O2/c1-3-26-19(25)23-17-10-13-24(14-17)18-8-11-20(22-2,12-9-18)15-4-6-16(21)7-5-15/h4-7,17-18,22H,3,8-14H2,1-2H3,(H,23,25)/t17-,18?,20?/m1/s1. The molecule has 2 N–H and O–H groups in total. The van der Waals surface area contributed by atoms with Crippen molar-refractivity contribution in [1.82, 2.24) is 15.5 Å². The summed E-state index contributed by atoms with van der Waals surface area (Å²) in [5, 5.41) is 6.46. The third-order valence-electron chi connectivity index (χ3n) is 6.02. The van der Waals surface area contributed by atoms with Crippen LogP contribution in [0.1, 0.15) is 44.6 Å². The van der Waals surface area contributed by atoms with Crippen LogP contribution in [0.3, 0.4) is 0 Å². The minimum atomic E-state index is -0.312. The highest BCUT2D eigenvalue weighted by Crippen LogP contribution is 2.39. The monoisotopic (exact) mass is 363 g/mol. The Morgan fingerprint density at radius 1 is 1.27 bits per heavy atom. The minimum absolute atomic E-state index is 0.0630. The van der Waals surface area contributed by atoms with Gasteiger partial charge in [0.2, 0.25) is 0 Å². The Balaban J connectivity index is 1.55. The number of alkyl carbamates (subject to hydrolysis) is 1. The molecule has 1 atom stereocenters. The molecule has 1 aliphatic carbocycles. The van der Waals surface area contributed by atoms with Gasteiger partial charge in [0.1, 0.15) is 5.82 Å². The SMILES string of the molecule is CCOC(=O)N[C@@H]1CCN(C2CCC(NC)(c3ccc(F)cc3)CC2)C1. The van der Waals surface area contributed by atoms with Crippen molar-refractivity contribution < 1.29 is 13.9 Å². The molecule has 5 nitrogen and oxygen atoms in total. The van der Waals surface area contributed by atoms with E-state index in [0.29, 0.717) is 12.6 Å². The molecule has 0 aromatic heterocycles. The summed E-state index contributed by atoms with van der Waals surface area (Å²) in [6, 6.07) is 7.63. The average Bonchev–Trinajstić information content (AvgIpc) is 3.11. The molecule has 6 heteroatoms. The third kappa shape index (κ3) is 4.18. The molecule has 0 unspecified atom stereocenters. The average molecular weight is 363 g/mol. The lowest BCUT2D eigenvalue weighted by molar-refractivity contribution is 0.127. The van der Waals surface area contributed by atoms with Gasteiger partial charge in [0.25, 0.3) is 0 Å². The second-order valence-electron chi connectivity index (χ2n) is 7.42. The maximum atomic E-state index is 13.3. The van der Waals surface area contributed by atoms with Crippen LogP contribution in [-0.2, 0) is 10.3 Å². The lowest BCUT2D eigenvalue weighted by Crippen LogP contribution is -2.48. The van der Waals surface area contributed by atoms with Gasteiger partial charge in [-0.1, -0.05) is 12.1 Å². The van der Waals surface area contributed by atoms with Crippen LogP contribution in [-0.4, -0.2) is 49.8 Å². The molecule has 3 rings (SSSR count). The van der Waals surface area contributed by atoms with Gasteiger partial charge in [-0.3, -0.25) is 4.90 Å². The summed E-state index contributed by atoms with van der Waals surface area (Å²) in [6.45, 7) is 4.13. The summed E-state index contributed by atoms with van der Waals surface area (Å²) in [5.74, 6) is -0.189. The van der Waals surface area contributed by atoms with E-state index in [9.17, 15) is 9.18 Å². The molecular weight excluding hydrogens is 333 g/mol. The van der Waals surface area contributed by atoms with E-state index in [4.69, 9.17) is 4.74 Å². The number of likely N-dealkylation sites (tertiary alicyclic amines) is 1. The number of hydrogen-bond donors (Lipinski definition) is 2. The molecule has 2 aliphatic rings. The van der Waals surface area contributed by atoms with Gasteiger partial charge in [-0.2, -0.15) is 0 Å². The van der Waals surface area contributed by atoms with Crippen molar-refractivity contribution in [2.24, 2.45) is 0 Å². The van der Waals surface area contributed by atoms with E-state index in [-0.39, 0.29) is 23.5 Å². The van der Waals surface area contributed by atoms with Crippen molar-refractivity contribution in [3.63, 3.8) is 0 Å². The van der Waals surface area contributed by atoms with Gasteiger partial charge in [-0.15, -0.1) is 0 Å². The van der Waals surface area contributed by atoms with Crippen LogP contribution < -0.4 is 10.6 Å². The van der Waals surface area contributed by atoms with E-state index >= 15 is 0 Å². The first-order valence-electron chi connectivity index (χ1n) is 9.68. The van der Waals surface area contributed by atoms with Crippen LogP contribution in [0.5, 0.6) is 0 Å². The Labute approximate surface area is 155 Å². The largest absolute Gasteiger partial charge is 0.450 e. The molecule has 1 aromatic rings. The Morgan fingerprint density at radius 3 is 2.58 bits per heavy atom. The second kappa shape index (κ2) is 8.35. The molecule has 1 saturated carbocycles. The number of nitrogens with zero attached hydrogens (tertiary/aromatic N) is 1. The molecule has 144 valence electrons. The third-order valence-corrected chi connectivity index (χ3v) is 6.02. The maximum Gasteiger partial charge on any atom is 0.407 e. The molecule has 26 heavy (non-hydrogen) atoms. The van der Waals surface area contributed by atoms with E-state index in [2.05, 4.69) is 15.5 Å². The second-order valence-corrected chi connectivity index (χ2v) is 7.42. The van der Waals surface area contributed by atoms with E-state index < -0.39 is 0 Å². The minimum Gasteiger partial charge on any atom is -0.450 e. The summed E-state index contributed by atoms with van der Waals surface area (Å²) < 4.78 is 18.2. The Morgan fingerprint density at radius 2 is 1.96 bits per heavy atom. The van der Waals surface area contributed by atoms with Gasteiger partial charge in [-0.05, 0) is 63.8 Å². The zero-order chi connectivity index (χ0) is 18.6. The number of ether oxygens (including phenoxy) is 1. The number of hydrogen-bond acceptors (Lipinski definition) is 4. The Kier molecular flexibility index (Phi) is 6.14. The van der Waals surface area contributed by atoms with E-state index in [0.717, 1.165) is 45.2 Å². The quantitative estimate of drug-likeness (QED) is 0.844. The van der Waals surface area contributed by atoms with E-state index in [1.165, 1.54) is 5.56 Å². The molecular formula is C20H30FN3O2. The molecule has 1 aliphatic heterocycles. The first-order chi connectivity index (χ1) is 12.6. The van der Waals surface area contributed by atoms with Crippen LogP contribution in [0, 0.1) is 5.82 Å². The topological polar surface area (TPSA) is 53.6 Å². The molecule has 0 spiro atoms. The molecule has 0 bridgehead atoms. The van der Waals surface area contributed by atoms with Crippen molar-refractivity contribution in [2.45, 2.75) is 56.7 Å². The first kappa shape index (κ1) is 19.1. The predicted octanol–water partition coefficient (Wildman–Crippen LogP) is 3.00. The summed E-state index contributed by atoms with van der Waals surface area (Å²) in [4.78, 5) is 14.1. The van der Waals surface area contributed by atoms with Crippen LogP contribution in [0.4, 0.5) is 9.18 Å². The first-order valence-corrected chi connectivity index (χ1v) is 9.68. The van der Waals surface area contributed by atoms with Crippen molar-refractivity contribution in [2.75, 3.05) is 26.7 Å². The van der Waals surface area contributed by atoms with Gasteiger partial charge in [0.05, 0.1) is 6.61 Å². The lowest BCUT2D eigenvalue weighted by atomic mass is 9.74. The summed E-state index contributed by atoms with van der Waals surface area (Å²) in [7, 11) is 2.00. The van der Waals surface area contributed by atoms with Crippen LogP contribution >= 0.6 is 0 Å². The van der Waals surface area contributed by atoms with Crippen molar-refractivity contribution >= 4 is 6.09 Å². The number of nitrogens with one attached hydrogen (secondary N) is 2. The van der Waals surface area contributed by atoms with E-state index in [1.54, 1.807) is 12.1 Å². The molecule has 1 heterocycles.